The predicted octanol–water partition coefficient (Wildman–Crippen LogP) is 1.98. The van der Waals surface area contributed by atoms with E-state index in [0.717, 1.165) is 5.56 Å². The van der Waals surface area contributed by atoms with E-state index in [1.807, 2.05) is 49.3 Å². The van der Waals surface area contributed by atoms with Crippen molar-refractivity contribution < 1.29 is 13.7 Å². The standard InChI is InChI=1S/C13H20N2O3S/c1-15(2)9-10-19(3,17)14-13(16)18-11-12-7-5-4-6-8-12/h4-8H,9-11H2,1-3H3. The van der Waals surface area contributed by atoms with Gasteiger partial charge in [-0.1, -0.05) is 30.3 Å². The van der Waals surface area contributed by atoms with Crippen LogP contribution in [0.2, 0.25) is 0 Å². The molecule has 1 rings (SSSR count). The van der Waals surface area contributed by atoms with Crippen LogP contribution in [0.1, 0.15) is 5.56 Å². The van der Waals surface area contributed by atoms with E-state index >= 15 is 0 Å². The van der Waals surface area contributed by atoms with Gasteiger partial charge in [0.25, 0.3) is 0 Å². The summed E-state index contributed by atoms with van der Waals surface area (Å²) in [7, 11) is 1.23. The maximum absolute atomic E-state index is 12.0. The first-order valence-corrected chi connectivity index (χ1v) is 8.03. The molecule has 5 nitrogen and oxygen atoms in total. The first-order chi connectivity index (χ1) is 8.89. The molecular formula is C13H20N2O3S. The molecule has 1 aromatic carbocycles. The molecule has 0 fully saturated rings. The molecule has 0 saturated carbocycles. The van der Waals surface area contributed by atoms with E-state index in [9.17, 15) is 9.00 Å². The molecule has 0 radical (unpaired) electrons. The minimum atomic E-state index is -2.52. The van der Waals surface area contributed by atoms with Crippen LogP contribution in [0.25, 0.3) is 0 Å². The summed E-state index contributed by atoms with van der Waals surface area (Å²) in [5.41, 5.74) is 0.877. The second-order valence-electron chi connectivity index (χ2n) is 4.60. The summed E-state index contributed by atoms with van der Waals surface area (Å²) in [6, 6.07) is 9.31. The van der Waals surface area contributed by atoms with Crippen molar-refractivity contribution in [1.82, 2.24) is 4.90 Å². The number of nitrogens with zero attached hydrogens (tertiary/aromatic N) is 2. The maximum atomic E-state index is 12.0. The van der Waals surface area contributed by atoms with E-state index in [1.54, 1.807) is 0 Å². The van der Waals surface area contributed by atoms with E-state index in [0.29, 0.717) is 12.3 Å². The van der Waals surface area contributed by atoms with Gasteiger partial charge in [-0.05, 0) is 19.7 Å². The molecule has 0 spiro atoms. The van der Waals surface area contributed by atoms with Crippen LogP contribution >= 0.6 is 0 Å². The molecule has 6 heteroatoms. The Kier molecular flexibility index (Phi) is 5.98. The van der Waals surface area contributed by atoms with Crippen LogP contribution in [-0.2, 0) is 21.1 Å². The minimum absolute atomic E-state index is 0.145. The molecule has 1 atom stereocenters. The number of benzene rings is 1. The van der Waals surface area contributed by atoms with Gasteiger partial charge in [-0.15, -0.1) is 4.36 Å². The maximum Gasteiger partial charge on any atom is 0.442 e. The Balaban J connectivity index is 2.52. The first-order valence-electron chi connectivity index (χ1n) is 5.94. The highest BCUT2D eigenvalue weighted by atomic mass is 32.2. The van der Waals surface area contributed by atoms with E-state index in [2.05, 4.69) is 4.36 Å². The third kappa shape index (κ3) is 6.93. The van der Waals surface area contributed by atoms with Crippen molar-refractivity contribution in [2.75, 3.05) is 32.6 Å². The van der Waals surface area contributed by atoms with Gasteiger partial charge in [-0.2, -0.15) is 0 Å². The second-order valence-corrected chi connectivity index (χ2v) is 7.11. The molecule has 1 aromatic rings. The molecule has 0 aromatic heterocycles. The summed E-state index contributed by atoms with van der Waals surface area (Å²) in [4.78, 5) is 13.4. The fraction of sp³-hybridized carbons (Fsp3) is 0.462. The Labute approximate surface area is 114 Å². The topological polar surface area (TPSA) is 59.0 Å². The fourth-order valence-electron chi connectivity index (χ4n) is 1.30. The van der Waals surface area contributed by atoms with Gasteiger partial charge in [-0.3, -0.25) is 0 Å². The van der Waals surface area contributed by atoms with Crippen molar-refractivity contribution in [3.05, 3.63) is 35.9 Å². The third-order valence-corrected chi connectivity index (χ3v) is 3.87. The average molecular weight is 284 g/mol. The molecule has 0 aliphatic carbocycles. The fourth-order valence-corrected chi connectivity index (χ4v) is 2.46. The molecule has 0 aliphatic rings. The zero-order chi connectivity index (χ0) is 14.3. The van der Waals surface area contributed by atoms with E-state index in [4.69, 9.17) is 4.74 Å². The quantitative estimate of drug-likeness (QED) is 0.829. The number of rotatable bonds is 5. The van der Waals surface area contributed by atoms with Gasteiger partial charge >= 0.3 is 6.09 Å². The highest BCUT2D eigenvalue weighted by molar-refractivity contribution is 7.93. The monoisotopic (exact) mass is 284 g/mol. The average Bonchev–Trinajstić information content (AvgIpc) is 2.35. The van der Waals surface area contributed by atoms with Crippen molar-refractivity contribution in [3.8, 4) is 0 Å². The summed E-state index contributed by atoms with van der Waals surface area (Å²) in [5.74, 6) is 0.348. The highest BCUT2D eigenvalue weighted by Crippen LogP contribution is 2.03. The Morgan fingerprint density at radius 2 is 1.95 bits per heavy atom. The lowest BCUT2D eigenvalue weighted by Crippen LogP contribution is -2.21. The molecule has 1 amide bonds. The number of carbonyl (C=O) groups is 1. The van der Waals surface area contributed by atoms with Crippen molar-refractivity contribution in [3.63, 3.8) is 0 Å². The van der Waals surface area contributed by atoms with Crippen LogP contribution < -0.4 is 0 Å². The molecule has 106 valence electrons. The molecule has 0 N–H and O–H groups in total. The molecule has 0 bridgehead atoms. The zero-order valence-corrected chi connectivity index (χ0v) is 12.4. The number of carbonyl (C=O) groups excluding carboxylic acids is 1. The van der Waals surface area contributed by atoms with Crippen molar-refractivity contribution in [2.45, 2.75) is 6.61 Å². The Morgan fingerprint density at radius 3 is 2.53 bits per heavy atom. The highest BCUT2D eigenvalue weighted by Gasteiger charge is 2.08. The van der Waals surface area contributed by atoms with Gasteiger partial charge in [0.15, 0.2) is 0 Å². The van der Waals surface area contributed by atoms with Crippen LogP contribution in [0.4, 0.5) is 4.79 Å². The molecule has 0 heterocycles. The van der Waals surface area contributed by atoms with Gasteiger partial charge in [0.2, 0.25) is 0 Å². The first kappa shape index (κ1) is 15.7. The number of hydrogen-bond donors (Lipinski definition) is 0. The molecule has 19 heavy (non-hydrogen) atoms. The van der Waals surface area contributed by atoms with Gasteiger partial charge in [-0.25, -0.2) is 9.00 Å². The van der Waals surface area contributed by atoms with Crippen LogP contribution in [0.15, 0.2) is 34.7 Å². The van der Waals surface area contributed by atoms with Gasteiger partial charge < -0.3 is 9.64 Å². The van der Waals surface area contributed by atoms with Crippen LogP contribution in [0.5, 0.6) is 0 Å². The number of hydrogen-bond acceptors (Lipinski definition) is 4. The Bertz CT molecular complexity index is 520. The third-order valence-electron chi connectivity index (χ3n) is 2.39. The second kappa shape index (κ2) is 7.25. The number of amides is 1. The summed E-state index contributed by atoms with van der Waals surface area (Å²) >= 11 is 0. The predicted molar refractivity (Wildman–Crippen MR) is 76.5 cm³/mol. The lowest BCUT2D eigenvalue weighted by atomic mass is 10.2. The largest absolute Gasteiger partial charge is 0.443 e. The summed E-state index contributed by atoms with van der Waals surface area (Å²) < 4.78 is 20.6. The van der Waals surface area contributed by atoms with Crippen LogP contribution in [0, 0.1) is 0 Å². The van der Waals surface area contributed by atoms with Crippen molar-refractivity contribution in [1.29, 1.82) is 0 Å². The van der Waals surface area contributed by atoms with Crippen molar-refractivity contribution in [2.24, 2.45) is 4.36 Å². The zero-order valence-electron chi connectivity index (χ0n) is 11.5. The summed E-state index contributed by atoms with van der Waals surface area (Å²) in [6.45, 7) is 0.761. The van der Waals surface area contributed by atoms with Gasteiger partial charge in [0, 0.05) is 18.6 Å². The molecule has 1 unspecified atom stereocenters. The van der Waals surface area contributed by atoms with E-state index in [-0.39, 0.29) is 6.61 Å². The lowest BCUT2D eigenvalue weighted by Gasteiger charge is -2.10. The van der Waals surface area contributed by atoms with Crippen molar-refractivity contribution >= 4 is 15.8 Å². The molecule has 0 aliphatic heterocycles. The van der Waals surface area contributed by atoms with Gasteiger partial charge in [0.05, 0.1) is 9.73 Å². The Hall–Kier alpha value is -1.40. The molecular weight excluding hydrogens is 264 g/mol. The normalized spacial score (nSPS) is 13.9. The smallest absolute Gasteiger partial charge is 0.442 e. The molecule has 0 saturated heterocycles. The lowest BCUT2D eigenvalue weighted by molar-refractivity contribution is 0.151. The minimum Gasteiger partial charge on any atom is -0.443 e. The van der Waals surface area contributed by atoms with Crippen LogP contribution in [-0.4, -0.2) is 47.9 Å². The summed E-state index contributed by atoms with van der Waals surface area (Å²) in [6.07, 6.45) is 0.704. The van der Waals surface area contributed by atoms with Crippen LogP contribution in [0.3, 0.4) is 0 Å². The SMILES string of the molecule is CN(C)CCS(C)(=O)=NC(=O)OCc1ccccc1. The van der Waals surface area contributed by atoms with E-state index in [1.165, 1.54) is 6.26 Å². The van der Waals surface area contributed by atoms with E-state index < -0.39 is 15.8 Å². The number of ether oxygens (including phenoxy) is 1. The Morgan fingerprint density at radius 1 is 1.32 bits per heavy atom. The van der Waals surface area contributed by atoms with Gasteiger partial charge in [0.1, 0.15) is 6.61 Å². The summed E-state index contributed by atoms with van der Waals surface area (Å²) in [5, 5.41) is 0.